The van der Waals surface area contributed by atoms with Crippen LogP contribution < -0.4 is 0 Å². The molecule has 0 radical (unpaired) electrons. The molecule has 0 spiro atoms. The second kappa shape index (κ2) is 6.64. The van der Waals surface area contributed by atoms with Crippen molar-refractivity contribution < 1.29 is 19.0 Å². The largest absolute Gasteiger partial charge is 0.395 e. The van der Waals surface area contributed by atoms with Gasteiger partial charge in [0, 0.05) is 16.0 Å². The smallest absolute Gasteiger partial charge is 0.126 e. The van der Waals surface area contributed by atoms with Gasteiger partial charge in [0.05, 0.1) is 13.2 Å². The molecule has 0 aromatic heterocycles. The first kappa shape index (κ1) is 16.1. The lowest BCUT2D eigenvalue weighted by molar-refractivity contribution is 0.116. The Balaban J connectivity index is 2.42. The summed E-state index contributed by atoms with van der Waals surface area (Å²) in [5.74, 6) is -1.35. The molecule has 21 heavy (non-hydrogen) atoms. The minimum absolute atomic E-state index is 0.130. The second-order valence-electron chi connectivity index (χ2n) is 5.06. The van der Waals surface area contributed by atoms with Crippen molar-refractivity contribution in [1.82, 2.24) is 0 Å². The van der Waals surface area contributed by atoms with E-state index < -0.39 is 17.0 Å². The highest BCUT2D eigenvalue weighted by Crippen LogP contribution is 2.30. The van der Waals surface area contributed by atoms with Gasteiger partial charge in [-0.2, -0.15) is 0 Å². The van der Waals surface area contributed by atoms with Gasteiger partial charge in [0.25, 0.3) is 0 Å². The average molecular weight is 357 g/mol. The molecule has 0 heterocycles. The summed E-state index contributed by atoms with van der Waals surface area (Å²) >= 11 is 3.34. The highest BCUT2D eigenvalue weighted by molar-refractivity contribution is 9.10. The molecular formula is C16H15BrF2O2. The van der Waals surface area contributed by atoms with E-state index in [0.717, 1.165) is 10.5 Å². The van der Waals surface area contributed by atoms with Gasteiger partial charge in [-0.25, -0.2) is 8.78 Å². The Hall–Kier alpha value is -1.30. The molecule has 0 bridgehead atoms. The quantitative estimate of drug-likeness (QED) is 0.863. The zero-order valence-electron chi connectivity index (χ0n) is 11.2. The van der Waals surface area contributed by atoms with Crippen molar-refractivity contribution in [3.05, 3.63) is 69.7 Å². The van der Waals surface area contributed by atoms with Gasteiger partial charge < -0.3 is 10.2 Å². The second-order valence-corrected chi connectivity index (χ2v) is 5.98. The molecule has 0 unspecified atom stereocenters. The van der Waals surface area contributed by atoms with Crippen molar-refractivity contribution in [2.75, 3.05) is 13.2 Å². The van der Waals surface area contributed by atoms with Crippen molar-refractivity contribution in [3.63, 3.8) is 0 Å². The van der Waals surface area contributed by atoms with Crippen LogP contribution in [-0.2, 0) is 11.8 Å². The van der Waals surface area contributed by atoms with Gasteiger partial charge in [-0.1, -0.05) is 28.1 Å². The van der Waals surface area contributed by atoms with Crippen molar-refractivity contribution in [2.45, 2.75) is 11.8 Å². The first-order chi connectivity index (χ1) is 9.99. The number of benzene rings is 2. The van der Waals surface area contributed by atoms with Crippen LogP contribution in [0, 0.1) is 11.6 Å². The molecule has 2 N–H and O–H groups in total. The van der Waals surface area contributed by atoms with Crippen LogP contribution in [0.1, 0.15) is 11.1 Å². The Morgan fingerprint density at radius 1 is 0.952 bits per heavy atom. The van der Waals surface area contributed by atoms with Gasteiger partial charge >= 0.3 is 0 Å². The third-order valence-electron chi connectivity index (χ3n) is 3.51. The standard InChI is InChI=1S/C16H15BrF2O2/c17-13-3-1-2-12(6-13)16(9-20,10-21)8-11-4-14(18)7-15(19)5-11/h1-7,20-21H,8-10H2. The van der Waals surface area contributed by atoms with Gasteiger partial charge in [-0.15, -0.1) is 0 Å². The lowest BCUT2D eigenvalue weighted by Crippen LogP contribution is -2.37. The number of aliphatic hydroxyl groups excluding tert-OH is 2. The maximum absolute atomic E-state index is 13.3. The topological polar surface area (TPSA) is 40.5 Å². The first-order valence-corrected chi connectivity index (χ1v) is 7.21. The van der Waals surface area contributed by atoms with Crippen LogP contribution in [0.4, 0.5) is 8.78 Å². The zero-order chi connectivity index (χ0) is 15.5. The predicted octanol–water partition coefficient (Wildman–Crippen LogP) is 3.19. The zero-order valence-corrected chi connectivity index (χ0v) is 12.8. The van der Waals surface area contributed by atoms with Crippen LogP contribution in [0.3, 0.4) is 0 Å². The number of rotatable bonds is 5. The van der Waals surface area contributed by atoms with Crippen molar-refractivity contribution in [3.8, 4) is 0 Å². The summed E-state index contributed by atoms with van der Waals surface area (Å²) in [5, 5.41) is 19.5. The summed E-state index contributed by atoms with van der Waals surface area (Å²) in [7, 11) is 0. The van der Waals surface area contributed by atoms with Crippen LogP contribution in [0.5, 0.6) is 0 Å². The molecule has 0 saturated heterocycles. The van der Waals surface area contributed by atoms with Crippen LogP contribution in [-0.4, -0.2) is 23.4 Å². The minimum Gasteiger partial charge on any atom is -0.395 e. The third-order valence-corrected chi connectivity index (χ3v) is 4.00. The summed E-state index contributed by atoms with van der Waals surface area (Å²) in [6.45, 7) is -0.670. The molecular weight excluding hydrogens is 342 g/mol. The molecule has 0 fully saturated rings. The van der Waals surface area contributed by atoms with Crippen LogP contribution in [0.2, 0.25) is 0 Å². The fourth-order valence-electron chi connectivity index (χ4n) is 2.37. The Morgan fingerprint density at radius 3 is 2.10 bits per heavy atom. The van der Waals surface area contributed by atoms with E-state index in [1.165, 1.54) is 12.1 Å². The van der Waals surface area contributed by atoms with E-state index in [9.17, 15) is 19.0 Å². The number of hydrogen-bond acceptors (Lipinski definition) is 2. The molecule has 0 aliphatic heterocycles. The first-order valence-electron chi connectivity index (χ1n) is 6.42. The van der Waals surface area contributed by atoms with E-state index in [1.54, 1.807) is 18.2 Å². The highest BCUT2D eigenvalue weighted by atomic mass is 79.9. The average Bonchev–Trinajstić information content (AvgIpc) is 2.44. The monoisotopic (exact) mass is 356 g/mol. The Labute approximate surface area is 130 Å². The fourth-order valence-corrected chi connectivity index (χ4v) is 2.77. The lowest BCUT2D eigenvalue weighted by atomic mass is 9.77. The van der Waals surface area contributed by atoms with Gasteiger partial charge in [-0.05, 0) is 41.8 Å². The summed E-state index contributed by atoms with van der Waals surface area (Å²) in [5.41, 5.74) is 0.0893. The molecule has 2 aromatic carbocycles. The molecule has 0 atom stereocenters. The van der Waals surface area contributed by atoms with E-state index in [4.69, 9.17) is 0 Å². The summed E-state index contributed by atoms with van der Waals surface area (Å²) < 4.78 is 27.4. The molecule has 0 amide bonds. The molecule has 0 aliphatic carbocycles. The normalized spacial score (nSPS) is 11.7. The van der Waals surface area contributed by atoms with Gasteiger partial charge in [0.1, 0.15) is 11.6 Å². The molecule has 2 aromatic rings. The van der Waals surface area contributed by atoms with Crippen molar-refractivity contribution in [1.29, 1.82) is 0 Å². The minimum atomic E-state index is -0.996. The van der Waals surface area contributed by atoms with E-state index >= 15 is 0 Å². The van der Waals surface area contributed by atoms with Gasteiger partial charge in [-0.3, -0.25) is 0 Å². The number of halogens is 3. The molecule has 2 rings (SSSR count). The molecule has 0 aliphatic rings. The number of hydrogen-bond donors (Lipinski definition) is 2. The maximum Gasteiger partial charge on any atom is 0.126 e. The Bertz CT molecular complexity index is 607. The third kappa shape index (κ3) is 3.67. The van der Waals surface area contributed by atoms with Gasteiger partial charge in [0.15, 0.2) is 0 Å². The van der Waals surface area contributed by atoms with Crippen molar-refractivity contribution >= 4 is 15.9 Å². The van der Waals surface area contributed by atoms with Crippen LogP contribution in [0.15, 0.2) is 46.9 Å². The lowest BCUT2D eigenvalue weighted by Gasteiger charge is -2.31. The van der Waals surface area contributed by atoms with E-state index in [2.05, 4.69) is 15.9 Å². The van der Waals surface area contributed by atoms with Gasteiger partial charge in [0.2, 0.25) is 0 Å². The fraction of sp³-hybridized carbons (Fsp3) is 0.250. The van der Waals surface area contributed by atoms with Crippen LogP contribution in [0.25, 0.3) is 0 Å². The SMILES string of the molecule is OCC(CO)(Cc1cc(F)cc(F)c1)c1cccc(Br)c1. The van der Waals surface area contributed by atoms with Crippen LogP contribution >= 0.6 is 15.9 Å². The van der Waals surface area contributed by atoms with Crippen molar-refractivity contribution in [2.24, 2.45) is 0 Å². The highest BCUT2D eigenvalue weighted by Gasteiger charge is 2.32. The summed E-state index contributed by atoms with van der Waals surface area (Å²) in [4.78, 5) is 0. The summed E-state index contributed by atoms with van der Waals surface area (Å²) in [6.07, 6.45) is 0.130. The molecule has 112 valence electrons. The maximum atomic E-state index is 13.3. The Kier molecular flexibility index (Phi) is 5.08. The van der Waals surface area contributed by atoms with E-state index in [0.29, 0.717) is 11.1 Å². The molecule has 2 nitrogen and oxygen atoms in total. The van der Waals surface area contributed by atoms with E-state index in [1.807, 2.05) is 6.07 Å². The molecule has 5 heteroatoms. The number of aliphatic hydroxyl groups is 2. The predicted molar refractivity (Wildman–Crippen MR) is 80.1 cm³/mol. The molecule has 0 saturated carbocycles. The Morgan fingerprint density at radius 2 is 1.57 bits per heavy atom. The summed E-state index contributed by atoms with van der Waals surface area (Å²) in [6, 6.07) is 10.4. The van der Waals surface area contributed by atoms with E-state index in [-0.39, 0.29) is 19.6 Å².